The van der Waals surface area contributed by atoms with E-state index >= 15 is 0 Å². The number of rotatable bonds is 8. The van der Waals surface area contributed by atoms with Gasteiger partial charge in [0.2, 0.25) is 0 Å². The summed E-state index contributed by atoms with van der Waals surface area (Å²) >= 11 is 1.67. The zero-order chi connectivity index (χ0) is 15.1. The molecule has 1 atom stereocenters. The summed E-state index contributed by atoms with van der Waals surface area (Å²) in [5.74, 6) is 0. The van der Waals surface area contributed by atoms with Crippen molar-refractivity contribution in [1.29, 1.82) is 0 Å². The van der Waals surface area contributed by atoms with Crippen molar-refractivity contribution in [2.24, 2.45) is 5.73 Å². The second-order valence-electron chi connectivity index (χ2n) is 5.11. The van der Waals surface area contributed by atoms with Crippen molar-refractivity contribution in [3.8, 4) is 0 Å². The molecule has 5 heteroatoms. The predicted molar refractivity (Wildman–Crippen MR) is 89.0 cm³/mol. The molecule has 4 nitrogen and oxygen atoms in total. The molecule has 1 aromatic carbocycles. The lowest BCUT2D eigenvalue weighted by atomic mass is 10.0. The van der Waals surface area contributed by atoms with Gasteiger partial charge in [-0.05, 0) is 12.0 Å². The summed E-state index contributed by atoms with van der Waals surface area (Å²) in [5, 5.41) is 3.15. The van der Waals surface area contributed by atoms with Crippen LogP contribution in [0.4, 0.5) is 5.13 Å². The van der Waals surface area contributed by atoms with Crippen molar-refractivity contribution in [2.45, 2.75) is 18.9 Å². The molecule has 0 saturated heterocycles. The summed E-state index contributed by atoms with van der Waals surface area (Å²) in [6.07, 6.45) is 1.78. The van der Waals surface area contributed by atoms with Crippen LogP contribution in [0.5, 0.6) is 0 Å². The highest BCUT2D eigenvalue weighted by molar-refractivity contribution is 7.13. The Bertz CT molecular complexity index is 529. The molecule has 0 aliphatic heterocycles. The molecule has 114 valence electrons. The minimum atomic E-state index is -0.0000486. The maximum Gasteiger partial charge on any atom is 0.185 e. The first-order chi connectivity index (χ1) is 10.2. The predicted octanol–water partition coefficient (Wildman–Crippen LogP) is 2.86. The first kappa shape index (κ1) is 15.9. The van der Waals surface area contributed by atoms with Crippen LogP contribution in [-0.4, -0.2) is 32.3 Å². The number of anilines is 1. The molecule has 1 unspecified atom stereocenters. The lowest BCUT2D eigenvalue weighted by molar-refractivity contribution is 0.196. The van der Waals surface area contributed by atoms with Crippen LogP contribution in [0.3, 0.4) is 0 Å². The Hall–Kier alpha value is -1.43. The number of thiazole rings is 1. The van der Waals surface area contributed by atoms with Crippen molar-refractivity contribution in [2.75, 3.05) is 32.2 Å². The smallest absolute Gasteiger partial charge is 0.185 e. The van der Waals surface area contributed by atoms with Crippen LogP contribution in [0.2, 0.25) is 0 Å². The average molecular weight is 305 g/mol. The van der Waals surface area contributed by atoms with Gasteiger partial charge >= 0.3 is 0 Å². The molecular formula is C16H23N3OS. The van der Waals surface area contributed by atoms with Crippen LogP contribution in [-0.2, 0) is 11.2 Å². The first-order valence-electron chi connectivity index (χ1n) is 7.15. The molecule has 0 radical (unpaired) electrons. The molecular weight excluding hydrogens is 282 g/mol. The minimum absolute atomic E-state index is 0.0000486. The molecule has 0 amide bonds. The van der Waals surface area contributed by atoms with Gasteiger partial charge in [-0.15, -0.1) is 11.3 Å². The number of aromatic nitrogens is 1. The zero-order valence-corrected chi connectivity index (χ0v) is 13.5. The van der Waals surface area contributed by atoms with E-state index in [4.69, 9.17) is 10.5 Å². The number of ether oxygens (including phenoxy) is 1. The average Bonchev–Trinajstić information content (AvgIpc) is 2.97. The van der Waals surface area contributed by atoms with Gasteiger partial charge in [-0.3, -0.25) is 0 Å². The molecule has 0 spiro atoms. The molecule has 2 aromatic rings. The van der Waals surface area contributed by atoms with Gasteiger partial charge in [0.25, 0.3) is 0 Å². The Kier molecular flexibility index (Phi) is 6.17. The molecule has 2 rings (SSSR count). The minimum Gasteiger partial charge on any atom is -0.385 e. The Labute approximate surface area is 130 Å². The number of hydrogen-bond acceptors (Lipinski definition) is 5. The largest absolute Gasteiger partial charge is 0.385 e. The van der Waals surface area contributed by atoms with Gasteiger partial charge in [0.1, 0.15) is 0 Å². The molecule has 0 fully saturated rings. The summed E-state index contributed by atoms with van der Waals surface area (Å²) in [6, 6.07) is 10.2. The third kappa shape index (κ3) is 4.81. The van der Waals surface area contributed by atoms with Gasteiger partial charge in [-0.1, -0.05) is 30.3 Å². The fourth-order valence-electron chi connectivity index (χ4n) is 2.15. The van der Waals surface area contributed by atoms with Gasteiger partial charge in [0.15, 0.2) is 5.13 Å². The van der Waals surface area contributed by atoms with E-state index < -0.39 is 0 Å². The van der Waals surface area contributed by atoms with Crippen molar-refractivity contribution in [3.05, 3.63) is 47.0 Å². The summed E-state index contributed by atoms with van der Waals surface area (Å²) in [6.45, 7) is 1.73. The summed E-state index contributed by atoms with van der Waals surface area (Å²) in [4.78, 5) is 6.85. The Morgan fingerprint density at radius 1 is 1.33 bits per heavy atom. The Morgan fingerprint density at radius 3 is 2.81 bits per heavy atom. The number of nitrogens with zero attached hydrogens (tertiary/aromatic N) is 2. The van der Waals surface area contributed by atoms with Gasteiger partial charge in [0.05, 0.1) is 5.69 Å². The molecule has 0 saturated carbocycles. The molecule has 2 N–H and O–H groups in total. The van der Waals surface area contributed by atoms with E-state index in [1.807, 2.05) is 18.2 Å². The highest BCUT2D eigenvalue weighted by Crippen LogP contribution is 2.23. The van der Waals surface area contributed by atoms with E-state index in [1.165, 1.54) is 0 Å². The lowest BCUT2D eigenvalue weighted by Crippen LogP contribution is -2.19. The maximum absolute atomic E-state index is 6.25. The Balaban J connectivity index is 1.90. The summed E-state index contributed by atoms with van der Waals surface area (Å²) in [5.41, 5.74) is 8.46. The number of hydrogen-bond donors (Lipinski definition) is 1. The monoisotopic (exact) mass is 305 g/mol. The summed E-state index contributed by atoms with van der Waals surface area (Å²) < 4.78 is 5.07. The molecule has 1 heterocycles. The zero-order valence-electron chi connectivity index (χ0n) is 12.7. The fourth-order valence-corrected chi connectivity index (χ4v) is 2.98. The van der Waals surface area contributed by atoms with E-state index in [-0.39, 0.29) is 6.04 Å². The molecule has 21 heavy (non-hydrogen) atoms. The van der Waals surface area contributed by atoms with Gasteiger partial charge in [0, 0.05) is 45.2 Å². The number of methoxy groups -OCH3 is 1. The van der Waals surface area contributed by atoms with Crippen molar-refractivity contribution in [1.82, 2.24) is 4.98 Å². The summed E-state index contributed by atoms with van der Waals surface area (Å²) in [7, 11) is 3.79. The van der Waals surface area contributed by atoms with Crippen LogP contribution in [0, 0.1) is 0 Å². The van der Waals surface area contributed by atoms with E-state index in [0.29, 0.717) is 0 Å². The van der Waals surface area contributed by atoms with E-state index in [0.717, 1.165) is 42.4 Å². The van der Waals surface area contributed by atoms with Crippen molar-refractivity contribution in [3.63, 3.8) is 0 Å². The quantitative estimate of drug-likeness (QED) is 0.762. The van der Waals surface area contributed by atoms with Gasteiger partial charge in [-0.2, -0.15) is 0 Å². The SMILES string of the molecule is COCCCN(C)c1nc(CC(N)c2ccccc2)cs1. The van der Waals surface area contributed by atoms with Crippen LogP contribution in [0.15, 0.2) is 35.7 Å². The second kappa shape index (κ2) is 8.12. The normalized spacial score (nSPS) is 12.3. The van der Waals surface area contributed by atoms with E-state index in [2.05, 4.69) is 34.4 Å². The topological polar surface area (TPSA) is 51.4 Å². The Morgan fingerprint density at radius 2 is 2.10 bits per heavy atom. The standard InChI is InChI=1S/C16H23N3OS/c1-19(9-6-10-20-2)16-18-14(12-21-16)11-15(17)13-7-4-3-5-8-13/h3-5,7-8,12,15H,6,9-11,17H2,1-2H3. The van der Waals surface area contributed by atoms with E-state index in [1.54, 1.807) is 18.4 Å². The van der Waals surface area contributed by atoms with Gasteiger partial charge < -0.3 is 15.4 Å². The first-order valence-corrected chi connectivity index (χ1v) is 8.03. The maximum atomic E-state index is 6.25. The molecule has 0 aliphatic rings. The number of benzene rings is 1. The van der Waals surface area contributed by atoms with Crippen LogP contribution < -0.4 is 10.6 Å². The fraction of sp³-hybridized carbons (Fsp3) is 0.438. The van der Waals surface area contributed by atoms with E-state index in [9.17, 15) is 0 Å². The van der Waals surface area contributed by atoms with Crippen LogP contribution >= 0.6 is 11.3 Å². The molecule has 0 bridgehead atoms. The van der Waals surface area contributed by atoms with Crippen LogP contribution in [0.25, 0.3) is 0 Å². The third-order valence-corrected chi connectivity index (χ3v) is 4.37. The highest BCUT2D eigenvalue weighted by Gasteiger charge is 2.11. The lowest BCUT2D eigenvalue weighted by Gasteiger charge is -2.15. The van der Waals surface area contributed by atoms with Crippen molar-refractivity contribution < 1.29 is 4.74 Å². The highest BCUT2D eigenvalue weighted by atomic mass is 32.1. The molecule has 0 aliphatic carbocycles. The van der Waals surface area contributed by atoms with Gasteiger partial charge in [-0.25, -0.2) is 4.98 Å². The number of nitrogens with two attached hydrogens (primary N) is 1. The third-order valence-electron chi connectivity index (χ3n) is 3.36. The second-order valence-corrected chi connectivity index (χ2v) is 5.95. The van der Waals surface area contributed by atoms with Crippen LogP contribution in [0.1, 0.15) is 23.7 Å². The molecule has 1 aromatic heterocycles. The van der Waals surface area contributed by atoms with Crippen molar-refractivity contribution >= 4 is 16.5 Å².